The second kappa shape index (κ2) is 26.1. The predicted octanol–water partition coefficient (Wildman–Crippen LogP) is -5.08. The summed E-state index contributed by atoms with van der Waals surface area (Å²) in [4.78, 5) is 16.3. The Hall–Kier alpha value is -0.151. The van der Waals surface area contributed by atoms with Gasteiger partial charge >= 0.3 is 226 Å². The van der Waals surface area contributed by atoms with Crippen molar-refractivity contribution in [2.75, 3.05) is 0 Å². The largest absolute Gasteiger partial charge is 1.00 e. The molecule has 0 atom stereocenters. The van der Waals surface area contributed by atoms with E-state index in [1.165, 1.54) is 18.2 Å². The first kappa shape index (κ1) is 50.0. The molecule has 4 heterocycles. The monoisotopic (exact) mass is 1030 g/mol. The molecular weight excluding hydrogens is 999 g/mol. The van der Waals surface area contributed by atoms with Crippen molar-refractivity contribution in [3.8, 4) is 34.3 Å². The molecule has 12 heteroatoms. The average molecular weight is 1030 g/mol. The van der Waals surface area contributed by atoms with Gasteiger partial charge in [0.2, 0.25) is 0 Å². The van der Waals surface area contributed by atoms with Gasteiger partial charge in [-0.1, -0.05) is 150 Å². The Kier molecular flexibility index (Phi) is 24.1. The fourth-order valence-electron chi connectivity index (χ4n) is 5.12. The van der Waals surface area contributed by atoms with E-state index in [1.54, 1.807) is 48.9 Å². The number of hydrogen-bond acceptors (Lipinski definition) is 8. The summed E-state index contributed by atoms with van der Waals surface area (Å²) >= 11 is 0. The first-order valence-electron chi connectivity index (χ1n) is 15.6. The van der Waals surface area contributed by atoms with Crippen LogP contribution in [0.4, 0.5) is 0 Å². The van der Waals surface area contributed by atoms with Crippen LogP contribution in [0.5, 0.6) is 23.0 Å². The van der Waals surface area contributed by atoms with E-state index in [0.717, 1.165) is 32.8 Å². The molecule has 0 radical (unpaired) electrons. The molecule has 0 aliphatic carbocycles. The summed E-state index contributed by atoms with van der Waals surface area (Å²) < 4.78 is 0. The molecule has 54 heavy (non-hydrogen) atoms. The molecule has 0 N–H and O–H groups in total. The van der Waals surface area contributed by atoms with Crippen molar-refractivity contribution in [2.24, 2.45) is 0 Å². The SMILES string of the molecule is [Cs+].[Cs+].[Na+].[O-]c1cccc2ccc(-c3ccccc3)nc12.[O-]c1cccc2cccnc12.[O-]c1cccc2cccnc12.[O-]c1cccc2cccnc12.[Rb+]. The maximum atomic E-state index is 11.7. The van der Waals surface area contributed by atoms with Crippen LogP contribution in [0.1, 0.15) is 0 Å². The van der Waals surface area contributed by atoms with E-state index < -0.39 is 0 Å². The number of rotatable bonds is 1. The fraction of sp³-hybridized carbons (Fsp3) is 0. The summed E-state index contributed by atoms with van der Waals surface area (Å²) in [6, 6.07) is 45.5. The number of para-hydroxylation sites is 4. The van der Waals surface area contributed by atoms with Crippen LogP contribution in [-0.2, 0) is 0 Å². The van der Waals surface area contributed by atoms with Gasteiger partial charge in [-0.3, -0.25) is 15.0 Å². The third kappa shape index (κ3) is 14.0. The number of hydrogen-bond donors (Lipinski definition) is 0. The van der Waals surface area contributed by atoms with Crippen LogP contribution in [0, 0.1) is 0 Å². The topological polar surface area (TPSA) is 144 Å². The predicted molar refractivity (Wildman–Crippen MR) is 190 cm³/mol. The smallest absolute Gasteiger partial charge is 0.871 e. The summed E-state index contributed by atoms with van der Waals surface area (Å²) in [7, 11) is 0. The molecule has 0 bridgehead atoms. The van der Waals surface area contributed by atoms with Crippen LogP contribution >= 0.6 is 0 Å². The van der Waals surface area contributed by atoms with E-state index in [4.69, 9.17) is 0 Å². The molecule has 244 valence electrons. The Balaban J connectivity index is 0.000000248. The molecule has 4 aromatic heterocycles. The number of nitrogens with zero attached hydrogens (tertiary/aromatic N) is 4. The molecule has 9 rings (SSSR count). The van der Waals surface area contributed by atoms with E-state index in [-0.39, 0.29) is 249 Å². The maximum absolute atomic E-state index is 11.7. The Morgan fingerprint density at radius 2 is 0.667 bits per heavy atom. The van der Waals surface area contributed by atoms with Crippen LogP contribution < -0.4 is 246 Å². The van der Waals surface area contributed by atoms with Crippen LogP contribution in [0.3, 0.4) is 0 Å². The van der Waals surface area contributed by atoms with Gasteiger partial charge in [-0.15, -0.1) is 0 Å². The van der Waals surface area contributed by atoms with Crippen LogP contribution in [0.2, 0.25) is 0 Å². The van der Waals surface area contributed by atoms with Crippen molar-refractivity contribution in [1.82, 2.24) is 19.9 Å². The van der Waals surface area contributed by atoms with Crippen LogP contribution in [0.25, 0.3) is 54.9 Å². The van der Waals surface area contributed by atoms with Gasteiger partial charge in [0.1, 0.15) is 0 Å². The minimum atomic E-state index is -0.0275. The Bertz CT molecular complexity index is 2340. The van der Waals surface area contributed by atoms with Crippen molar-refractivity contribution in [1.29, 1.82) is 0 Å². The van der Waals surface area contributed by atoms with Crippen LogP contribution in [0.15, 0.2) is 170 Å². The number of benzene rings is 5. The van der Waals surface area contributed by atoms with E-state index >= 15 is 0 Å². The third-order valence-electron chi connectivity index (χ3n) is 7.54. The molecule has 0 amide bonds. The van der Waals surface area contributed by atoms with Crippen LogP contribution in [-0.4, -0.2) is 19.9 Å². The summed E-state index contributed by atoms with van der Waals surface area (Å²) in [6.45, 7) is 0. The molecule has 0 saturated carbocycles. The van der Waals surface area contributed by atoms with E-state index in [0.29, 0.717) is 22.1 Å². The molecule has 0 spiro atoms. The molecule has 0 fully saturated rings. The normalized spacial score (nSPS) is 9.56. The number of pyridine rings is 4. The Labute approximate surface area is 502 Å². The van der Waals surface area contributed by atoms with E-state index in [2.05, 4.69) is 19.9 Å². The first-order valence-corrected chi connectivity index (χ1v) is 15.6. The molecule has 0 unspecified atom stereocenters. The van der Waals surface area contributed by atoms with Crippen molar-refractivity contribution in [2.45, 2.75) is 0 Å². The summed E-state index contributed by atoms with van der Waals surface area (Å²) in [6.07, 6.45) is 4.89. The summed E-state index contributed by atoms with van der Waals surface area (Å²) in [5.74, 6) is -0.0606. The van der Waals surface area contributed by atoms with Crippen molar-refractivity contribution in [3.63, 3.8) is 0 Å². The molecule has 0 saturated heterocycles. The van der Waals surface area contributed by atoms with Gasteiger partial charge in [0, 0.05) is 24.2 Å². The van der Waals surface area contributed by atoms with Crippen molar-refractivity contribution in [3.05, 3.63) is 170 Å². The Morgan fingerprint density at radius 1 is 0.333 bits per heavy atom. The first-order chi connectivity index (χ1) is 24.5. The van der Waals surface area contributed by atoms with Gasteiger partial charge in [-0.05, 0) is 45.8 Å². The van der Waals surface area contributed by atoms with Gasteiger partial charge in [-0.25, -0.2) is 4.98 Å². The third-order valence-corrected chi connectivity index (χ3v) is 7.54. The zero-order chi connectivity index (χ0) is 34.7. The fourth-order valence-corrected chi connectivity index (χ4v) is 5.12. The minimum absolute atomic E-state index is 0. The van der Waals surface area contributed by atoms with Gasteiger partial charge in [0.15, 0.2) is 0 Å². The standard InChI is InChI=1S/C15H11NO.3C9H7NO.2Cs.Na.Rb/c17-14-8-4-7-12-9-10-13(16-15(12)14)11-5-2-1-3-6-11;3*11-8-5-1-3-7-4-2-6-10-9(7)8;;;;/h1-10,17H;3*1-6,11H;;;;/q;;;;4*+1/p-4. The van der Waals surface area contributed by atoms with Crippen molar-refractivity contribution < 1.29 is 246 Å². The van der Waals surface area contributed by atoms with E-state index in [1.807, 2.05) is 103 Å². The molecule has 0 aliphatic heterocycles. The molecular formula is C42H28Cs2N4NaO4Rb. The van der Waals surface area contributed by atoms with Gasteiger partial charge in [0.05, 0.1) is 27.8 Å². The second-order valence-corrected chi connectivity index (χ2v) is 10.9. The summed E-state index contributed by atoms with van der Waals surface area (Å²) in [5, 5.41) is 48.6. The Morgan fingerprint density at radius 3 is 1.04 bits per heavy atom. The average Bonchev–Trinajstić information content (AvgIpc) is 3.17. The summed E-state index contributed by atoms with van der Waals surface area (Å²) in [5.41, 5.74) is 4.05. The second-order valence-electron chi connectivity index (χ2n) is 10.9. The van der Waals surface area contributed by atoms with Gasteiger partial charge in [-0.2, -0.15) is 0 Å². The maximum Gasteiger partial charge on any atom is 1.00 e. The molecule has 8 nitrogen and oxygen atoms in total. The quantitative estimate of drug-likeness (QED) is 0.149. The zero-order valence-electron chi connectivity index (χ0n) is 30.6. The minimum Gasteiger partial charge on any atom is -0.871 e. The van der Waals surface area contributed by atoms with Gasteiger partial charge in [0.25, 0.3) is 0 Å². The molecule has 9 aromatic rings. The van der Waals surface area contributed by atoms with Gasteiger partial charge < -0.3 is 20.4 Å². The molecule has 5 aromatic carbocycles. The zero-order valence-corrected chi connectivity index (χ0v) is 50.1. The number of aromatic nitrogens is 4. The van der Waals surface area contributed by atoms with Crippen molar-refractivity contribution >= 4 is 43.6 Å². The number of fused-ring (bicyclic) bond motifs is 4. The van der Waals surface area contributed by atoms with E-state index in [9.17, 15) is 20.4 Å². The molecule has 0 aliphatic rings.